The molecule has 0 heterocycles. The lowest BCUT2D eigenvalue weighted by atomic mass is 9.89. The molecule has 2 N–H and O–H groups in total. The van der Waals surface area contributed by atoms with Crippen molar-refractivity contribution in [3.8, 4) is 11.5 Å². The quantitative estimate of drug-likeness (QED) is 0.585. The molecule has 1 fully saturated rings. The average Bonchev–Trinajstić information content (AvgIpc) is 2.64. The molecule has 0 aliphatic heterocycles. The molecular formula is C19H25NO5. The number of phenolic OH excluding ortho intramolecular Hbond substituents is 1. The molecule has 0 aromatic heterocycles. The van der Waals surface area contributed by atoms with Gasteiger partial charge in [0.25, 0.3) is 5.91 Å². The van der Waals surface area contributed by atoms with Gasteiger partial charge in [-0.25, -0.2) is 4.79 Å². The highest BCUT2D eigenvalue weighted by Crippen LogP contribution is 2.26. The minimum atomic E-state index is -0.597. The zero-order valence-corrected chi connectivity index (χ0v) is 14.5. The van der Waals surface area contributed by atoms with Gasteiger partial charge >= 0.3 is 5.97 Å². The van der Waals surface area contributed by atoms with Crippen LogP contribution in [-0.2, 0) is 14.3 Å². The van der Waals surface area contributed by atoms with Crippen LogP contribution in [0.3, 0.4) is 0 Å². The van der Waals surface area contributed by atoms with Crippen molar-refractivity contribution in [3.63, 3.8) is 0 Å². The van der Waals surface area contributed by atoms with E-state index < -0.39 is 5.97 Å². The summed E-state index contributed by atoms with van der Waals surface area (Å²) in [6.45, 7) is 0.369. The minimum Gasteiger partial charge on any atom is -0.504 e. The number of esters is 1. The number of carbonyl (C=O) groups is 2. The van der Waals surface area contributed by atoms with E-state index in [1.165, 1.54) is 44.6 Å². The van der Waals surface area contributed by atoms with E-state index >= 15 is 0 Å². The van der Waals surface area contributed by atoms with E-state index in [-0.39, 0.29) is 18.3 Å². The van der Waals surface area contributed by atoms with Crippen LogP contribution >= 0.6 is 0 Å². The van der Waals surface area contributed by atoms with Crippen molar-refractivity contribution < 1.29 is 24.2 Å². The van der Waals surface area contributed by atoms with Crippen molar-refractivity contribution in [2.45, 2.75) is 32.1 Å². The maximum atomic E-state index is 11.7. The SMILES string of the molecule is COc1cc(/C=C/C(=O)OCC(=O)NCC2CCCCC2)ccc1O. The third kappa shape index (κ3) is 6.49. The third-order valence-electron chi connectivity index (χ3n) is 4.27. The van der Waals surface area contributed by atoms with Gasteiger partial charge in [0.05, 0.1) is 7.11 Å². The van der Waals surface area contributed by atoms with Gasteiger partial charge in [0.15, 0.2) is 18.1 Å². The van der Waals surface area contributed by atoms with Gasteiger partial charge in [-0.15, -0.1) is 0 Å². The van der Waals surface area contributed by atoms with Gasteiger partial charge in [-0.1, -0.05) is 25.3 Å². The molecule has 0 radical (unpaired) electrons. The molecule has 1 aliphatic rings. The number of aromatic hydroxyl groups is 1. The summed E-state index contributed by atoms with van der Waals surface area (Å²) >= 11 is 0. The number of carbonyl (C=O) groups excluding carboxylic acids is 2. The first-order chi connectivity index (χ1) is 12.1. The van der Waals surface area contributed by atoms with Gasteiger partial charge in [0.1, 0.15) is 0 Å². The molecule has 0 atom stereocenters. The monoisotopic (exact) mass is 347 g/mol. The molecule has 6 heteroatoms. The first-order valence-corrected chi connectivity index (χ1v) is 8.57. The molecule has 1 aromatic rings. The van der Waals surface area contributed by atoms with Crippen molar-refractivity contribution in [1.82, 2.24) is 5.32 Å². The second-order valence-electron chi connectivity index (χ2n) is 6.18. The summed E-state index contributed by atoms with van der Waals surface area (Å²) in [6, 6.07) is 4.71. The number of methoxy groups -OCH3 is 1. The van der Waals surface area contributed by atoms with E-state index in [0.29, 0.717) is 23.8 Å². The normalized spacial score (nSPS) is 15.1. The number of ether oxygens (including phenoxy) is 2. The molecule has 2 rings (SSSR count). The molecular weight excluding hydrogens is 322 g/mol. The fourth-order valence-corrected chi connectivity index (χ4v) is 2.85. The zero-order chi connectivity index (χ0) is 18.1. The molecule has 1 amide bonds. The van der Waals surface area contributed by atoms with E-state index in [1.54, 1.807) is 12.1 Å². The average molecular weight is 347 g/mol. The van der Waals surface area contributed by atoms with Gasteiger partial charge < -0.3 is 19.9 Å². The molecule has 25 heavy (non-hydrogen) atoms. The highest BCUT2D eigenvalue weighted by molar-refractivity contribution is 5.89. The third-order valence-corrected chi connectivity index (χ3v) is 4.27. The second-order valence-corrected chi connectivity index (χ2v) is 6.18. The van der Waals surface area contributed by atoms with Crippen LogP contribution in [0.15, 0.2) is 24.3 Å². The van der Waals surface area contributed by atoms with Crippen molar-refractivity contribution in [2.75, 3.05) is 20.3 Å². The zero-order valence-electron chi connectivity index (χ0n) is 14.5. The number of nitrogens with one attached hydrogen (secondary N) is 1. The number of rotatable bonds is 7. The Balaban J connectivity index is 1.71. The smallest absolute Gasteiger partial charge is 0.331 e. The summed E-state index contributed by atoms with van der Waals surface area (Å²) in [5.41, 5.74) is 0.674. The van der Waals surface area contributed by atoms with Gasteiger partial charge in [-0.05, 0) is 42.5 Å². The van der Waals surface area contributed by atoms with E-state index in [2.05, 4.69) is 5.32 Å². The second kappa shape index (κ2) is 9.71. The predicted octanol–water partition coefficient (Wildman–Crippen LogP) is 2.65. The standard InChI is InChI=1S/C19H25NO5/c1-24-17-11-14(7-9-16(17)21)8-10-19(23)25-13-18(22)20-12-15-5-3-2-4-6-15/h7-11,15,21H,2-6,12-13H2,1H3,(H,20,22)/b10-8+. The molecule has 6 nitrogen and oxygen atoms in total. The Bertz CT molecular complexity index is 620. The molecule has 0 unspecified atom stereocenters. The molecule has 0 spiro atoms. The fourth-order valence-electron chi connectivity index (χ4n) is 2.85. The first kappa shape index (κ1) is 18.8. The van der Waals surface area contributed by atoms with Crippen LogP contribution in [0.5, 0.6) is 11.5 Å². The van der Waals surface area contributed by atoms with Crippen LogP contribution in [0, 0.1) is 5.92 Å². The Morgan fingerprint density at radius 1 is 1.28 bits per heavy atom. The lowest BCUT2D eigenvalue weighted by Crippen LogP contribution is -2.33. The topological polar surface area (TPSA) is 84.9 Å². The first-order valence-electron chi connectivity index (χ1n) is 8.57. The van der Waals surface area contributed by atoms with Gasteiger partial charge in [-0.3, -0.25) is 4.79 Å². The van der Waals surface area contributed by atoms with E-state index in [0.717, 1.165) is 12.8 Å². The van der Waals surface area contributed by atoms with Gasteiger partial charge in [-0.2, -0.15) is 0 Å². The van der Waals surface area contributed by atoms with Gasteiger partial charge in [0, 0.05) is 12.6 Å². The Morgan fingerprint density at radius 2 is 2.04 bits per heavy atom. The van der Waals surface area contributed by atoms with E-state index in [9.17, 15) is 14.7 Å². The molecule has 136 valence electrons. The summed E-state index contributed by atoms with van der Waals surface area (Å²) in [4.78, 5) is 23.4. The van der Waals surface area contributed by atoms with Crippen LogP contribution in [-0.4, -0.2) is 37.2 Å². The number of hydrogen-bond acceptors (Lipinski definition) is 5. The Hall–Kier alpha value is -2.50. The minimum absolute atomic E-state index is 0.0249. The Morgan fingerprint density at radius 3 is 2.76 bits per heavy atom. The molecule has 1 aliphatic carbocycles. The predicted molar refractivity (Wildman–Crippen MR) is 94.2 cm³/mol. The number of amides is 1. The fraction of sp³-hybridized carbons (Fsp3) is 0.474. The highest BCUT2D eigenvalue weighted by atomic mass is 16.5. The largest absolute Gasteiger partial charge is 0.504 e. The number of benzene rings is 1. The van der Waals surface area contributed by atoms with E-state index in [1.807, 2.05) is 0 Å². The van der Waals surface area contributed by atoms with Crippen molar-refractivity contribution in [3.05, 3.63) is 29.8 Å². The Kier molecular flexibility index (Phi) is 7.32. The van der Waals surface area contributed by atoms with Crippen LogP contribution < -0.4 is 10.1 Å². The van der Waals surface area contributed by atoms with Gasteiger partial charge in [0.2, 0.25) is 0 Å². The van der Waals surface area contributed by atoms with Crippen molar-refractivity contribution in [2.24, 2.45) is 5.92 Å². The summed E-state index contributed by atoms with van der Waals surface area (Å²) in [7, 11) is 1.45. The van der Waals surface area contributed by atoms with Crippen molar-refractivity contribution in [1.29, 1.82) is 0 Å². The van der Waals surface area contributed by atoms with Crippen LogP contribution in [0.4, 0.5) is 0 Å². The molecule has 0 bridgehead atoms. The number of hydrogen-bond donors (Lipinski definition) is 2. The number of phenols is 1. The maximum Gasteiger partial charge on any atom is 0.331 e. The molecule has 1 saturated carbocycles. The summed E-state index contributed by atoms with van der Waals surface area (Å²) in [5.74, 6) is 0.00531. The lowest BCUT2D eigenvalue weighted by molar-refractivity contribution is -0.143. The summed E-state index contributed by atoms with van der Waals surface area (Å²) in [5, 5.41) is 12.3. The van der Waals surface area contributed by atoms with Crippen LogP contribution in [0.1, 0.15) is 37.7 Å². The summed E-state index contributed by atoms with van der Waals surface area (Å²) < 4.78 is 9.92. The van der Waals surface area contributed by atoms with Crippen molar-refractivity contribution >= 4 is 18.0 Å². The van der Waals surface area contributed by atoms with Crippen LogP contribution in [0.25, 0.3) is 6.08 Å². The molecule has 1 aromatic carbocycles. The van der Waals surface area contributed by atoms with E-state index in [4.69, 9.17) is 9.47 Å². The van der Waals surface area contributed by atoms with Crippen LogP contribution in [0.2, 0.25) is 0 Å². The molecule has 0 saturated heterocycles. The highest BCUT2D eigenvalue weighted by Gasteiger charge is 2.14. The Labute approximate surface area is 147 Å². The lowest BCUT2D eigenvalue weighted by Gasteiger charge is -2.21. The maximum absolute atomic E-state index is 11.7. The summed E-state index contributed by atoms with van der Waals surface area (Å²) in [6.07, 6.45) is 8.80.